The monoisotopic (exact) mass is 373 g/mol. The molecule has 0 saturated carbocycles. The lowest BCUT2D eigenvalue weighted by Gasteiger charge is -2.26. The van der Waals surface area contributed by atoms with Crippen molar-refractivity contribution in [1.82, 2.24) is 0 Å². The molecule has 1 fully saturated rings. The van der Waals surface area contributed by atoms with Crippen LogP contribution in [-0.4, -0.2) is 32.7 Å². The van der Waals surface area contributed by atoms with Crippen molar-refractivity contribution in [2.45, 2.75) is 25.2 Å². The number of likely N-dealkylation sites (tertiary alicyclic amines) is 1. The van der Waals surface area contributed by atoms with Gasteiger partial charge in [-0.2, -0.15) is 0 Å². The first kappa shape index (κ1) is 20.5. The van der Waals surface area contributed by atoms with Crippen LogP contribution < -0.4 is 17.3 Å². The lowest BCUT2D eigenvalue weighted by molar-refractivity contribution is -0.886. The zero-order valence-electron chi connectivity index (χ0n) is 15.4. The Morgan fingerprint density at radius 1 is 1.00 bits per heavy atom. The number of quaternary nitrogens is 1. The summed E-state index contributed by atoms with van der Waals surface area (Å²) in [5.41, 5.74) is 1.98. The Kier molecular flexibility index (Phi) is 8.14. The summed E-state index contributed by atoms with van der Waals surface area (Å²) in [7, 11) is 2.25. The molecule has 0 amide bonds. The number of piperidine rings is 1. The fourth-order valence-corrected chi connectivity index (χ4v) is 3.62. The first-order chi connectivity index (χ1) is 12.2. The van der Waals surface area contributed by atoms with Crippen LogP contribution in [0.4, 0.5) is 0 Å². The molecule has 4 heteroatoms. The maximum Gasteiger partial charge on any atom is 0.317 e. The summed E-state index contributed by atoms with van der Waals surface area (Å²) in [6.45, 7) is 2.99. The Balaban J connectivity index is 0.00000243. The third-order valence-electron chi connectivity index (χ3n) is 5.23. The summed E-state index contributed by atoms with van der Waals surface area (Å²) >= 11 is 0. The highest BCUT2D eigenvalue weighted by molar-refractivity contribution is 5.82. The minimum absolute atomic E-state index is 0. The molecule has 0 atom stereocenters. The lowest BCUT2D eigenvalue weighted by Crippen LogP contribution is -3.10. The molecule has 1 saturated heterocycles. The van der Waals surface area contributed by atoms with Gasteiger partial charge >= 0.3 is 5.97 Å². The van der Waals surface area contributed by atoms with Crippen molar-refractivity contribution in [3.8, 4) is 0 Å². The van der Waals surface area contributed by atoms with Crippen molar-refractivity contribution in [2.75, 3.05) is 26.7 Å². The van der Waals surface area contributed by atoms with Crippen molar-refractivity contribution in [3.05, 3.63) is 71.8 Å². The maximum atomic E-state index is 12.8. The van der Waals surface area contributed by atoms with Gasteiger partial charge in [0.05, 0.1) is 26.7 Å². The van der Waals surface area contributed by atoms with Gasteiger partial charge in [0.1, 0.15) is 5.92 Å². The van der Waals surface area contributed by atoms with E-state index in [4.69, 9.17) is 4.74 Å². The number of carbonyl (C=O) groups is 1. The number of esters is 1. The standard InChI is InChI=1S/C22H27NO2.ClH/c1-23-15-12-18(13-16-23)14-17-25-22(24)21(19-8-4-2-5-9-19)20-10-6-3-7-11-20;/h2-11,18,21H,12-17H2,1H3;1H. The number of hydrogen-bond donors (Lipinski definition) is 1. The number of benzene rings is 2. The molecular weight excluding hydrogens is 346 g/mol. The van der Waals surface area contributed by atoms with Crippen LogP contribution in [0.2, 0.25) is 0 Å². The molecule has 26 heavy (non-hydrogen) atoms. The van der Waals surface area contributed by atoms with E-state index in [-0.39, 0.29) is 24.3 Å². The summed E-state index contributed by atoms with van der Waals surface area (Å²) in [6, 6.07) is 19.8. The number of rotatable bonds is 6. The zero-order chi connectivity index (χ0) is 17.5. The Bertz CT molecular complexity index is 615. The molecule has 0 unspecified atom stereocenters. The largest absolute Gasteiger partial charge is 1.00 e. The summed E-state index contributed by atoms with van der Waals surface area (Å²) in [4.78, 5) is 14.4. The Labute approximate surface area is 162 Å². The van der Waals surface area contributed by atoms with E-state index in [1.807, 2.05) is 60.7 Å². The SMILES string of the molecule is C[NH+]1CCC(CCOC(=O)C(c2ccccc2)c2ccccc2)CC1.[Cl-]. The molecule has 0 spiro atoms. The second kappa shape index (κ2) is 10.3. The number of ether oxygens (including phenoxy) is 1. The Morgan fingerprint density at radius 3 is 2.00 bits per heavy atom. The molecule has 140 valence electrons. The quantitative estimate of drug-likeness (QED) is 0.704. The van der Waals surface area contributed by atoms with Crippen molar-refractivity contribution in [1.29, 1.82) is 0 Å². The van der Waals surface area contributed by atoms with Gasteiger partial charge in [-0.05, 0) is 36.3 Å². The van der Waals surface area contributed by atoms with Gasteiger partial charge in [-0.25, -0.2) is 0 Å². The van der Waals surface area contributed by atoms with Crippen LogP contribution in [0.25, 0.3) is 0 Å². The van der Waals surface area contributed by atoms with E-state index in [2.05, 4.69) is 7.05 Å². The molecule has 3 rings (SSSR count). The first-order valence-corrected chi connectivity index (χ1v) is 9.32. The van der Waals surface area contributed by atoms with E-state index >= 15 is 0 Å². The van der Waals surface area contributed by atoms with Crippen LogP contribution in [0.15, 0.2) is 60.7 Å². The van der Waals surface area contributed by atoms with E-state index in [0.29, 0.717) is 12.5 Å². The van der Waals surface area contributed by atoms with Crippen molar-refractivity contribution in [3.63, 3.8) is 0 Å². The molecular formula is C22H28ClNO2. The molecule has 2 aromatic carbocycles. The summed E-state index contributed by atoms with van der Waals surface area (Å²) in [5.74, 6) is 0.212. The fraction of sp³-hybridized carbons (Fsp3) is 0.409. The van der Waals surface area contributed by atoms with E-state index < -0.39 is 0 Å². The Hall–Kier alpha value is -1.84. The van der Waals surface area contributed by atoms with Gasteiger partial charge in [-0.15, -0.1) is 0 Å². The highest BCUT2D eigenvalue weighted by Gasteiger charge is 2.25. The van der Waals surface area contributed by atoms with Crippen LogP contribution in [0.5, 0.6) is 0 Å². The van der Waals surface area contributed by atoms with Crippen molar-refractivity contribution < 1.29 is 26.8 Å². The van der Waals surface area contributed by atoms with E-state index in [9.17, 15) is 4.79 Å². The highest BCUT2D eigenvalue weighted by atomic mass is 35.5. The average molecular weight is 374 g/mol. The van der Waals surface area contributed by atoms with Gasteiger partial charge in [0.2, 0.25) is 0 Å². The van der Waals surface area contributed by atoms with Gasteiger partial charge in [0.25, 0.3) is 0 Å². The highest BCUT2D eigenvalue weighted by Crippen LogP contribution is 2.26. The topological polar surface area (TPSA) is 30.7 Å². The molecule has 0 aromatic heterocycles. The molecule has 1 heterocycles. The normalized spacial score (nSPS) is 19.6. The molecule has 0 aliphatic carbocycles. The van der Waals surface area contributed by atoms with Crippen LogP contribution in [0.1, 0.15) is 36.3 Å². The molecule has 2 aromatic rings. The second-order valence-corrected chi connectivity index (χ2v) is 7.11. The molecule has 1 aliphatic rings. The predicted molar refractivity (Wildman–Crippen MR) is 99.6 cm³/mol. The van der Waals surface area contributed by atoms with Crippen molar-refractivity contribution >= 4 is 5.97 Å². The van der Waals surface area contributed by atoms with Crippen molar-refractivity contribution in [2.24, 2.45) is 5.92 Å². The first-order valence-electron chi connectivity index (χ1n) is 9.32. The van der Waals surface area contributed by atoms with Crippen LogP contribution >= 0.6 is 0 Å². The summed E-state index contributed by atoms with van der Waals surface area (Å²) in [6.07, 6.45) is 3.46. The number of nitrogens with one attached hydrogen (secondary N) is 1. The molecule has 3 nitrogen and oxygen atoms in total. The smallest absolute Gasteiger partial charge is 0.317 e. The molecule has 0 radical (unpaired) electrons. The maximum absolute atomic E-state index is 12.8. The predicted octanol–water partition coefficient (Wildman–Crippen LogP) is -0.319. The minimum Gasteiger partial charge on any atom is -1.00 e. The molecule has 1 N–H and O–H groups in total. The Morgan fingerprint density at radius 2 is 1.50 bits per heavy atom. The lowest BCUT2D eigenvalue weighted by atomic mass is 9.91. The van der Waals surface area contributed by atoms with Gasteiger partial charge < -0.3 is 22.0 Å². The number of halogens is 1. The third kappa shape index (κ3) is 5.58. The summed E-state index contributed by atoms with van der Waals surface area (Å²) in [5, 5.41) is 0. The number of carbonyl (C=O) groups excluding carboxylic acids is 1. The van der Waals surface area contributed by atoms with E-state index in [1.54, 1.807) is 4.90 Å². The second-order valence-electron chi connectivity index (χ2n) is 7.11. The van der Waals surface area contributed by atoms with Crippen LogP contribution in [-0.2, 0) is 9.53 Å². The number of hydrogen-bond acceptors (Lipinski definition) is 2. The van der Waals surface area contributed by atoms with Gasteiger partial charge in [0, 0.05) is 0 Å². The average Bonchev–Trinajstić information content (AvgIpc) is 2.65. The van der Waals surface area contributed by atoms with Crippen LogP contribution in [0, 0.1) is 5.92 Å². The van der Waals surface area contributed by atoms with E-state index in [1.165, 1.54) is 25.9 Å². The fourth-order valence-electron chi connectivity index (χ4n) is 3.62. The van der Waals surface area contributed by atoms with E-state index in [0.717, 1.165) is 17.5 Å². The van der Waals surface area contributed by atoms with Crippen LogP contribution in [0.3, 0.4) is 0 Å². The summed E-state index contributed by atoms with van der Waals surface area (Å²) < 4.78 is 5.70. The molecule has 0 bridgehead atoms. The zero-order valence-corrected chi connectivity index (χ0v) is 16.1. The van der Waals surface area contributed by atoms with Gasteiger partial charge in [-0.1, -0.05) is 60.7 Å². The molecule has 1 aliphatic heterocycles. The minimum atomic E-state index is -0.343. The third-order valence-corrected chi connectivity index (χ3v) is 5.23. The van der Waals surface area contributed by atoms with Gasteiger partial charge in [-0.3, -0.25) is 4.79 Å². The van der Waals surface area contributed by atoms with Gasteiger partial charge in [0.15, 0.2) is 0 Å².